The predicted molar refractivity (Wildman–Crippen MR) is 87.7 cm³/mol. The minimum absolute atomic E-state index is 0.00304. The molecular weight excluding hydrogens is 338 g/mol. The van der Waals surface area contributed by atoms with E-state index in [0.717, 1.165) is 11.0 Å². The van der Waals surface area contributed by atoms with Crippen LogP contribution in [-0.2, 0) is 9.59 Å². The van der Waals surface area contributed by atoms with E-state index in [9.17, 15) is 19.7 Å². The van der Waals surface area contributed by atoms with Gasteiger partial charge >= 0.3 is 5.69 Å². The molecule has 0 spiro atoms. The van der Waals surface area contributed by atoms with Crippen LogP contribution in [0.25, 0.3) is 6.08 Å². The maximum Gasteiger partial charge on any atom is 0.311 e. The van der Waals surface area contributed by atoms with Gasteiger partial charge in [0.05, 0.1) is 19.1 Å². The highest BCUT2D eigenvalue weighted by Gasteiger charge is 2.31. The number of thiocarbonyl (C=S) groups is 1. The Balaban J connectivity index is 2.61. The van der Waals surface area contributed by atoms with Gasteiger partial charge in [0.25, 0.3) is 11.8 Å². The van der Waals surface area contributed by atoms with Crippen molar-refractivity contribution in [1.82, 2.24) is 10.2 Å². The summed E-state index contributed by atoms with van der Waals surface area (Å²) in [6, 6.07) is 2.47. The van der Waals surface area contributed by atoms with Gasteiger partial charge in [0.1, 0.15) is 11.3 Å². The average molecular weight is 351 g/mol. The van der Waals surface area contributed by atoms with Gasteiger partial charge in [-0.1, -0.05) is 0 Å². The van der Waals surface area contributed by atoms with Crippen molar-refractivity contribution in [1.29, 1.82) is 0 Å². The molecular formula is C14H13N3O6S. The summed E-state index contributed by atoms with van der Waals surface area (Å²) in [5.41, 5.74) is -0.355. The van der Waals surface area contributed by atoms with Gasteiger partial charge < -0.3 is 9.47 Å². The summed E-state index contributed by atoms with van der Waals surface area (Å²) in [6.07, 6.45) is 1.21. The van der Waals surface area contributed by atoms with Gasteiger partial charge in [-0.2, -0.15) is 0 Å². The number of likely N-dealkylation sites (N-methyl/N-ethyl adjacent to an activating group) is 1. The topological polar surface area (TPSA) is 111 Å². The maximum atomic E-state index is 12.2. The number of carbonyl (C=O) groups is 2. The summed E-state index contributed by atoms with van der Waals surface area (Å²) in [4.78, 5) is 35.8. The lowest BCUT2D eigenvalue weighted by molar-refractivity contribution is -0.385. The number of ether oxygens (including phenoxy) is 2. The molecule has 0 aliphatic carbocycles. The van der Waals surface area contributed by atoms with E-state index in [1.807, 2.05) is 0 Å². The van der Waals surface area contributed by atoms with Gasteiger partial charge in [0, 0.05) is 24.7 Å². The van der Waals surface area contributed by atoms with E-state index < -0.39 is 16.7 Å². The highest BCUT2D eigenvalue weighted by Crippen LogP contribution is 2.35. The number of rotatable bonds is 4. The van der Waals surface area contributed by atoms with Crippen LogP contribution in [0.15, 0.2) is 17.7 Å². The van der Waals surface area contributed by atoms with Crippen LogP contribution in [0, 0.1) is 10.1 Å². The molecule has 1 aliphatic heterocycles. The number of hydrogen-bond acceptors (Lipinski definition) is 7. The van der Waals surface area contributed by atoms with Gasteiger partial charge in [0.15, 0.2) is 5.11 Å². The molecule has 0 radical (unpaired) electrons. The minimum Gasteiger partial charge on any atom is -0.496 e. The lowest BCUT2D eigenvalue weighted by Gasteiger charge is -2.25. The highest BCUT2D eigenvalue weighted by atomic mass is 32.1. The van der Waals surface area contributed by atoms with E-state index in [0.29, 0.717) is 0 Å². The van der Waals surface area contributed by atoms with Crippen LogP contribution in [0.1, 0.15) is 5.56 Å². The monoisotopic (exact) mass is 351 g/mol. The molecule has 0 saturated carbocycles. The third-order valence-electron chi connectivity index (χ3n) is 3.33. The first-order valence-corrected chi connectivity index (χ1v) is 6.96. The molecule has 0 aromatic heterocycles. The SMILES string of the molecule is COc1cc(OC)c([N+](=O)[O-])cc1/C=C1\C(=O)NC(=S)N(C)C1=O. The number of methoxy groups -OCH3 is 2. The van der Waals surface area contributed by atoms with E-state index in [4.69, 9.17) is 21.7 Å². The van der Waals surface area contributed by atoms with Gasteiger partial charge in [-0.3, -0.25) is 29.9 Å². The Morgan fingerprint density at radius 2 is 1.88 bits per heavy atom. The third-order valence-corrected chi connectivity index (χ3v) is 3.71. The number of carbonyl (C=O) groups excluding carboxylic acids is 2. The van der Waals surface area contributed by atoms with E-state index in [1.54, 1.807) is 0 Å². The Hall–Kier alpha value is -3.01. The summed E-state index contributed by atoms with van der Waals surface area (Å²) in [5, 5.41) is 13.5. The van der Waals surface area contributed by atoms with E-state index >= 15 is 0 Å². The fourth-order valence-corrected chi connectivity index (χ4v) is 2.24. The molecule has 2 rings (SSSR count). The number of hydrogen-bond donors (Lipinski definition) is 1. The molecule has 9 nitrogen and oxygen atoms in total. The lowest BCUT2D eigenvalue weighted by atomic mass is 10.1. The average Bonchev–Trinajstić information content (AvgIpc) is 2.55. The standard InChI is InChI=1S/C14H13N3O6S/c1-16-13(19)8(12(18)15-14(16)24)4-7-5-9(17(20)21)11(23-3)6-10(7)22-2/h4-6H,1-3H3,(H,15,18,24)/b8-4+. The molecule has 0 bridgehead atoms. The molecule has 126 valence electrons. The number of nitro groups is 1. The van der Waals surface area contributed by atoms with Gasteiger partial charge in [-0.05, 0) is 18.3 Å². The Kier molecular flexibility index (Phi) is 4.79. The molecule has 2 amide bonds. The second-order valence-corrected chi connectivity index (χ2v) is 5.09. The number of nitro benzene ring substituents is 1. The second-order valence-electron chi connectivity index (χ2n) is 4.70. The summed E-state index contributed by atoms with van der Waals surface area (Å²) in [7, 11) is 4.05. The molecule has 24 heavy (non-hydrogen) atoms. The summed E-state index contributed by atoms with van der Waals surface area (Å²) >= 11 is 4.85. The predicted octanol–water partition coefficient (Wildman–Crippen LogP) is 0.868. The lowest BCUT2D eigenvalue weighted by Crippen LogP contribution is -2.52. The molecule has 1 aromatic rings. The second kappa shape index (κ2) is 6.62. The van der Waals surface area contributed by atoms with Crippen LogP contribution < -0.4 is 14.8 Å². The Bertz CT molecular complexity index is 789. The first-order chi connectivity index (χ1) is 11.3. The quantitative estimate of drug-likeness (QED) is 0.282. The number of nitrogens with one attached hydrogen (secondary N) is 1. The maximum absolute atomic E-state index is 12.2. The minimum atomic E-state index is -0.691. The Labute approximate surface area is 142 Å². The molecule has 1 saturated heterocycles. The van der Waals surface area contributed by atoms with Crippen molar-refractivity contribution in [2.75, 3.05) is 21.3 Å². The molecule has 0 atom stereocenters. The van der Waals surface area contributed by atoms with Crippen LogP contribution >= 0.6 is 12.2 Å². The Morgan fingerprint density at radius 1 is 1.25 bits per heavy atom. The van der Waals surface area contributed by atoms with Crippen molar-refractivity contribution in [2.45, 2.75) is 0 Å². The Morgan fingerprint density at radius 3 is 2.42 bits per heavy atom. The zero-order valence-electron chi connectivity index (χ0n) is 13.0. The van der Waals surface area contributed by atoms with Gasteiger partial charge in [-0.15, -0.1) is 0 Å². The van der Waals surface area contributed by atoms with Crippen molar-refractivity contribution in [3.8, 4) is 11.5 Å². The highest BCUT2D eigenvalue weighted by molar-refractivity contribution is 7.80. The largest absolute Gasteiger partial charge is 0.496 e. The first-order valence-electron chi connectivity index (χ1n) is 6.55. The van der Waals surface area contributed by atoms with Crippen molar-refractivity contribution in [2.24, 2.45) is 0 Å². The number of nitrogens with zero attached hydrogens (tertiary/aromatic N) is 2. The van der Waals surface area contributed by atoms with Gasteiger partial charge in [0.2, 0.25) is 5.75 Å². The smallest absolute Gasteiger partial charge is 0.311 e. The molecule has 1 aromatic carbocycles. The molecule has 1 fully saturated rings. The summed E-state index contributed by atoms with van der Waals surface area (Å²) in [5.74, 6) is -1.11. The zero-order valence-corrected chi connectivity index (χ0v) is 13.8. The summed E-state index contributed by atoms with van der Waals surface area (Å²) in [6.45, 7) is 0. The van der Waals surface area contributed by atoms with Crippen LogP contribution in [-0.4, -0.2) is 48.0 Å². The molecule has 1 heterocycles. The van der Waals surface area contributed by atoms with Crippen molar-refractivity contribution in [3.05, 3.63) is 33.4 Å². The fourth-order valence-electron chi connectivity index (χ4n) is 2.06. The van der Waals surface area contributed by atoms with Crippen LogP contribution in [0.4, 0.5) is 5.69 Å². The van der Waals surface area contributed by atoms with Crippen molar-refractivity contribution < 1.29 is 24.0 Å². The van der Waals surface area contributed by atoms with Crippen LogP contribution in [0.2, 0.25) is 0 Å². The molecule has 1 N–H and O–H groups in total. The van der Waals surface area contributed by atoms with E-state index in [2.05, 4.69) is 5.32 Å². The number of amides is 2. The third kappa shape index (κ3) is 3.04. The first kappa shape index (κ1) is 17.3. The zero-order chi connectivity index (χ0) is 18.0. The van der Waals surface area contributed by atoms with Crippen LogP contribution in [0.5, 0.6) is 11.5 Å². The summed E-state index contributed by atoms with van der Waals surface area (Å²) < 4.78 is 10.1. The van der Waals surface area contributed by atoms with Gasteiger partial charge in [-0.25, -0.2) is 0 Å². The molecule has 10 heteroatoms. The molecule has 0 unspecified atom stereocenters. The molecule has 1 aliphatic rings. The fraction of sp³-hybridized carbons (Fsp3) is 0.214. The van der Waals surface area contributed by atoms with E-state index in [1.165, 1.54) is 33.4 Å². The van der Waals surface area contributed by atoms with Crippen molar-refractivity contribution >= 4 is 40.9 Å². The number of benzene rings is 1. The van der Waals surface area contributed by atoms with Crippen LogP contribution in [0.3, 0.4) is 0 Å². The normalized spacial score (nSPS) is 16.2. The van der Waals surface area contributed by atoms with E-state index in [-0.39, 0.29) is 33.4 Å². The van der Waals surface area contributed by atoms with Crippen molar-refractivity contribution in [3.63, 3.8) is 0 Å².